The van der Waals surface area contributed by atoms with E-state index in [0.717, 1.165) is 22.6 Å². The van der Waals surface area contributed by atoms with Crippen molar-refractivity contribution in [2.24, 2.45) is 0 Å². The van der Waals surface area contributed by atoms with Crippen molar-refractivity contribution >= 4 is 38.1 Å². The molecule has 0 bridgehead atoms. The minimum Gasteiger partial charge on any atom is -0.494 e. The van der Waals surface area contributed by atoms with Gasteiger partial charge in [-0.05, 0) is 50.2 Å². The van der Waals surface area contributed by atoms with Gasteiger partial charge in [-0.2, -0.15) is 0 Å². The summed E-state index contributed by atoms with van der Waals surface area (Å²) in [5, 5.41) is 4.65. The van der Waals surface area contributed by atoms with Crippen LogP contribution in [0.25, 0.3) is 0 Å². The van der Waals surface area contributed by atoms with E-state index in [1.54, 1.807) is 41.8 Å². The van der Waals surface area contributed by atoms with Gasteiger partial charge in [0.1, 0.15) is 5.75 Å². The van der Waals surface area contributed by atoms with E-state index in [1.165, 1.54) is 12.1 Å². The lowest BCUT2D eigenvalue weighted by atomic mass is 10.2. The van der Waals surface area contributed by atoms with Crippen LogP contribution in [0.15, 0.2) is 58.8 Å². The average molecular weight is 432 g/mol. The first-order chi connectivity index (χ1) is 13.9. The number of sulfonamides is 1. The van der Waals surface area contributed by atoms with Gasteiger partial charge in [0.25, 0.3) is 10.0 Å². The number of aromatic nitrogens is 1. The van der Waals surface area contributed by atoms with E-state index in [9.17, 15) is 13.2 Å². The number of ether oxygens (including phenoxy) is 1. The molecular weight excluding hydrogens is 410 g/mol. The standard InChI is InChI=1S/C20H21N3O4S2/c1-3-27-17-8-6-15(7-9-17)21-19(24)12-16-13-28-20(22-16)23-29(25,26)18-10-4-14(2)5-11-18/h4-11,13H,3,12H2,1-2H3,(H,21,24)(H,22,23). The maximum absolute atomic E-state index is 12.4. The number of thiazole rings is 1. The Morgan fingerprint density at radius 2 is 1.79 bits per heavy atom. The monoisotopic (exact) mass is 431 g/mol. The molecule has 0 spiro atoms. The number of hydrogen-bond acceptors (Lipinski definition) is 6. The van der Waals surface area contributed by atoms with Crippen molar-refractivity contribution in [3.63, 3.8) is 0 Å². The molecule has 3 rings (SSSR count). The highest BCUT2D eigenvalue weighted by molar-refractivity contribution is 7.93. The number of hydrogen-bond donors (Lipinski definition) is 2. The minimum absolute atomic E-state index is 0.0377. The molecule has 1 aromatic heterocycles. The molecule has 7 nitrogen and oxygen atoms in total. The summed E-state index contributed by atoms with van der Waals surface area (Å²) in [7, 11) is -3.72. The van der Waals surface area contributed by atoms with Crippen molar-refractivity contribution in [1.82, 2.24) is 4.98 Å². The molecule has 0 aliphatic carbocycles. The Labute approximate surface area is 173 Å². The van der Waals surface area contributed by atoms with Crippen molar-refractivity contribution in [3.05, 3.63) is 65.2 Å². The van der Waals surface area contributed by atoms with Crippen molar-refractivity contribution in [2.45, 2.75) is 25.2 Å². The Hall–Kier alpha value is -2.91. The quantitative estimate of drug-likeness (QED) is 0.565. The van der Waals surface area contributed by atoms with Crippen LogP contribution in [0.5, 0.6) is 5.75 Å². The molecule has 0 unspecified atom stereocenters. The van der Waals surface area contributed by atoms with Crippen molar-refractivity contribution in [2.75, 3.05) is 16.6 Å². The second-order valence-corrected chi connectivity index (χ2v) is 8.79. The molecule has 0 atom stereocenters. The van der Waals surface area contributed by atoms with Crippen LogP contribution in [0, 0.1) is 6.92 Å². The van der Waals surface area contributed by atoms with Gasteiger partial charge in [-0.15, -0.1) is 11.3 Å². The Balaban J connectivity index is 1.59. The molecule has 29 heavy (non-hydrogen) atoms. The highest BCUT2D eigenvalue weighted by Gasteiger charge is 2.16. The fourth-order valence-corrected chi connectivity index (χ4v) is 4.46. The number of anilines is 2. The molecule has 1 amide bonds. The highest BCUT2D eigenvalue weighted by Crippen LogP contribution is 2.21. The SMILES string of the molecule is CCOc1ccc(NC(=O)Cc2csc(NS(=O)(=O)c3ccc(C)cc3)n2)cc1. The fraction of sp³-hybridized carbons (Fsp3) is 0.200. The van der Waals surface area contributed by atoms with Gasteiger partial charge in [0.15, 0.2) is 5.13 Å². The molecule has 9 heteroatoms. The zero-order chi connectivity index (χ0) is 20.9. The molecule has 2 aromatic carbocycles. The molecule has 0 fully saturated rings. The third kappa shape index (κ3) is 5.78. The highest BCUT2D eigenvalue weighted by atomic mass is 32.2. The predicted molar refractivity (Wildman–Crippen MR) is 114 cm³/mol. The molecular formula is C20H21N3O4S2. The number of amides is 1. The molecule has 0 aliphatic rings. The lowest BCUT2D eigenvalue weighted by Gasteiger charge is -2.06. The van der Waals surface area contributed by atoms with Gasteiger partial charge in [-0.3, -0.25) is 9.52 Å². The number of rotatable bonds is 8. The Kier molecular flexibility index (Phi) is 6.50. The van der Waals surface area contributed by atoms with Gasteiger partial charge >= 0.3 is 0 Å². The zero-order valence-corrected chi connectivity index (χ0v) is 17.6. The lowest BCUT2D eigenvalue weighted by Crippen LogP contribution is -2.15. The summed E-state index contributed by atoms with van der Waals surface area (Å²) in [5.74, 6) is 0.489. The maximum atomic E-state index is 12.4. The van der Waals surface area contributed by atoms with E-state index in [0.29, 0.717) is 18.0 Å². The first kappa shape index (κ1) is 20.8. The van der Waals surface area contributed by atoms with Crippen LogP contribution < -0.4 is 14.8 Å². The van der Waals surface area contributed by atoms with Crippen LogP contribution in [0.3, 0.4) is 0 Å². The van der Waals surface area contributed by atoms with Gasteiger partial charge in [0.2, 0.25) is 5.91 Å². The molecule has 1 heterocycles. The first-order valence-corrected chi connectivity index (χ1v) is 11.3. The summed E-state index contributed by atoms with van der Waals surface area (Å²) in [4.78, 5) is 16.6. The van der Waals surface area contributed by atoms with Crippen molar-refractivity contribution in [1.29, 1.82) is 0 Å². The predicted octanol–water partition coefficient (Wildman–Crippen LogP) is 3.83. The van der Waals surface area contributed by atoms with Crippen molar-refractivity contribution < 1.29 is 17.9 Å². The van der Waals surface area contributed by atoms with E-state index in [2.05, 4.69) is 15.0 Å². The van der Waals surface area contributed by atoms with Crippen LogP contribution in [0.2, 0.25) is 0 Å². The number of nitrogens with zero attached hydrogens (tertiary/aromatic N) is 1. The van der Waals surface area contributed by atoms with E-state index in [-0.39, 0.29) is 22.4 Å². The number of nitrogens with one attached hydrogen (secondary N) is 2. The molecule has 0 aliphatic heterocycles. The van der Waals surface area contributed by atoms with Crippen LogP contribution in [0.4, 0.5) is 10.8 Å². The third-order valence-electron chi connectivity index (χ3n) is 3.90. The number of aryl methyl sites for hydroxylation is 1. The molecule has 0 radical (unpaired) electrons. The average Bonchev–Trinajstić information content (AvgIpc) is 3.09. The second-order valence-electron chi connectivity index (χ2n) is 6.24. The summed E-state index contributed by atoms with van der Waals surface area (Å²) in [5.41, 5.74) is 2.10. The minimum atomic E-state index is -3.72. The summed E-state index contributed by atoms with van der Waals surface area (Å²) in [6, 6.07) is 13.6. The van der Waals surface area contributed by atoms with Gasteiger partial charge in [0, 0.05) is 11.1 Å². The largest absolute Gasteiger partial charge is 0.494 e. The van der Waals surface area contributed by atoms with Crippen LogP contribution in [-0.4, -0.2) is 25.9 Å². The van der Waals surface area contributed by atoms with Crippen LogP contribution in [0.1, 0.15) is 18.2 Å². The topological polar surface area (TPSA) is 97.4 Å². The summed E-state index contributed by atoms with van der Waals surface area (Å²) in [6.07, 6.45) is 0.0377. The van der Waals surface area contributed by atoms with Crippen LogP contribution in [-0.2, 0) is 21.2 Å². The smallest absolute Gasteiger partial charge is 0.263 e. The Morgan fingerprint density at radius 3 is 2.45 bits per heavy atom. The summed E-state index contributed by atoms with van der Waals surface area (Å²) >= 11 is 1.13. The van der Waals surface area contributed by atoms with Gasteiger partial charge in [0.05, 0.1) is 23.6 Å². The molecule has 152 valence electrons. The summed E-state index contributed by atoms with van der Waals surface area (Å²) in [6.45, 7) is 4.36. The Morgan fingerprint density at radius 1 is 1.10 bits per heavy atom. The van der Waals surface area contributed by atoms with Gasteiger partial charge < -0.3 is 10.1 Å². The molecule has 0 saturated heterocycles. The van der Waals surface area contributed by atoms with E-state index in [4.69, 9.17) is 4.74 Å². The molecule has 0 saturated carbocycles. The molecule has 2 N–H and O–H groups in total. The fourth-order valence-electron chi connectivity index (χ4n) is 2.50. The van der Waals surface area contributed by atoms with Crippen LogP contribution >= 0.6 is 11.3 Å². The third-order valence-corrected chi connectivity index (χ3v) is 6.19. The maximum Gasteiger partial charge on any atom is 0.263 e. The molecule has 3 aromatic rings. The number of benzene rings is 2. The second kappa shape index (κ2) is 9.06. The van der Waals surface area contributed by atoms with E-state index in [1.807, 2.05) is 13.8 Å². The zero-order valence-electron chi connectivity index (χ0n) is 16.0. The van der Waals surface area contributed by atoms with Gasteiger partial charge in [-0.25, -0.2) is 13.4 Å². The normalized spacial score (nSPS) is 11.1. The van der Waals surface area contributed by atoms with E-state index >= 15 is 0 Å². The number of carbonyl (C=O) groups is 1. The summed E-state index contributed by atoms with van der Waals surface area (Å²) < 4.78 is 32.7. The van der Waals surface area contributed by atoms with Crippen molar-refractivity contribution in [3.8, 4) is 5.75 Å². The van der Waals surface area contributed by atoms with Gasteiger partial charge in [-0.1, -0.05) is 17.7 Å². The van der Waals surface area contributed by atoms with E-state index < -0.39 is 10.0 Å². The Bertz CT molecular complexity index is 1080. The lowest BCUT2D eigenvalue weighted by molar-refractivity contribution is -0.115. The number of carbonyl (C=O) groups excluding carboxylic acids is 1. The first-order valence-electron chi connectivity index (χ1n) is 8.92.